The molecule has 0 amide bonds. The molecule has 0 aromatic carbocycles. The van der Waals surface area contributed by atoms with Crippen molar-refractivity contribution >= 4 is 0 Å². The van der Waals surface area contributed by atoms with Gasteiger partial charge in [0.2, 0.25) is 0 Å². The van der Waals surface area contributed by atoms with Crippen molar-refractivity contribution in [1.82, 2.24) is 4.98 Å². The van der Waals surface area contributed by atoms with Crippen molar-refractivity contribution in [3.8, 4) is 0 Å². The molecule has 0 aliphatic rings. The number of nitrogens with one attached hydrogen (secondary N) is 1. The molecule has 1 rings (SSSR count). The van der Waals surface area contributed by atoms with Crippen molar-refractivity contribution in [3.05, 3.63) is 44.3 Å². The molecule has 0 saturated carbocycles. The van der Waals surface area contributed by atoms with Crippen LogP contribution in [0.5, 0.6) is 0 Å². The van der Waals surface area contributed by atoms with E-state index < -0.39 is 16.0 Å². The molecule has 0 saturated heterocycles. The number of hydrogen-bond acceptors (Lipinski definition) is 4. The number of rotatable bonds is 3. The van der Waals surface area contributed by atoms with Crippen LogP contribution in [0, 0.1) is 20.2 Å². The lowest BCUT2D eigenvalue weighted by molar-refractivity contribution is -0.753. The highest BCUT2D eigenvalue weighted by Gasteiger charge is 2.35. The number of aromatic amines is 1. The zero-order valence-corrected chi connectivity index (χ0v) is 5.84. The van der Waals surface area contributed by atoms with Gasteiger partial charge in [-0.15, -0.1) is 0 Å². The molecule has 0 bridgehead atoms. The van der Waals surface area contributed by atoms with Crippen molar-refractivity contribution < 1.29 is 9.85 Å². The Hall–Kier alpha value is -1.92. The van der Waals surface area contributed by atoms with E-state index in [2.05, 4.69) is 4.98 Å². The lowest BCUT2D eigenvalue weighted by Crippen LogP contribution is -2.19. The summed E-state index contributed by atoms with van der Waals surface area (Å²) in [7, 11) is 0. The van der Waals surface area contributed by atoms with E-state index in [1.165, 1.54) is 18.3 Å². The van der Waals surface area contributed by atoms with Crippen molar-refractivity contribution in [2.24, 2.45) is 0 Å². The first-order valence-corrected chi connectivity index (χ1v) is 3.03. The Morgan fingerprint density at radius 2 is 1.92 bits per heavy atom. The Morgan fingerprint density at radius 3 is 2.25 bits per heavy atom. The largest absolute Gasteiger partial charge is 0.490 e. The molecule has 1 aromatic rings. The average molecular weight is 171 g/mol. The van der Waals surface area contributed by atoms with Gasteiger partial charge in [-0.25, -0.2) is 0 Å². The number of aromatic nitrogens is 1. The van der Waals surface area contributed by atoms with E-state index >= 15 is 0 Å². The Kier molecular flexibility index (Phi) is 2.04. The van der Waals surface area contributed by atoms with Crippen molar-refractivity contribution in [1.29, 1.82) is 0 Å². The molecular weight excluding hydrogens is 166 g/mol. The van der Waals surface area contributed by atoms with Crippen molar-refractivity contribution in [2.45, 2.75) is 6.17 Å². The fourth-order valence-corrected chi connectivity index (χ4v) is 0.809. The molecule has 12 heavy (non-hydrogen) atoms. The summed E-state index contributed by atoms with van der Waals surface area (Å²) in [5.74, 6) is 0. The zero-order valence-electron chi connectivity index (χ0n) is 5.84. The Morgan fingerprint density at radius 1 is 1.33 bits per heavy atom. The maximum atomic E-state index is 10.2. The third-order valence-corrected chi connectivity index (χ3v) is 1.30. The van der Waals surface area contributed by atoms with Gasteiger partial charge in [-0.2, -0.15) is 0 Å². The number of hydrogen-bond donors (Lipinski definition) is 1. The molecule has 1 aromatic heterocycles. The molecule has 0 radical (unpaired) electrons. The zero-order chi connectivity index (χ0) is 9.14. The summed E-state index contributed by atoms with van der Waals surface area (Å²) < 4.78 is 0. The van der Waals surface area contributed by atoms with Gasteiger partial charge >= 0.3 is 6.17 Å². The van der Waals surface area contributed by atoms with E-state index in [1.54, 1.807) is 0 Å². The molecule has 7 heteroatoms. The first-order valence-electron chi connectivity index (χ1n) is 3.03. The van der Waals surface area contributed by atoms with Gasteiger partial charge in [0.15, 0.2) is 5.69 Å². The van der Waals surface area contributed by atoms with Crippen molar-refractivity contribution in [2.75, 3.05) is 0 Å². The third kappa shape index (κ3) is 1.39. The predicted octanol–water partition coefficient (Wildman–Crippen LogP) is 0.567. The number of nitro groups is 2. The second-order valence-corrected chi connectivity index (χ2v) is 2.07. The lowest BCUT2D eigenvalue weighted by atomic mass is 10.4. The molecular formula is C5H5N3O4. The molecule has 0 fully saturated rings. The maximum Gasteiger partial charge on any atom is 0.490 e. The molecule has 7 nitrogen and oxygen atoms in total. The third-order valence-electron chi connectivity index (χ3n) is 1.30. The highest BCUT2D eigenvalue weighted by atomic mass is 16.7. The van der Waals surface area contributed by atoms with Crippen LogP contribution in [-0.2, 0) is 0 Å². The summed E-state index contributed by atoms with van der Waals surface area (Å²) in [5, 5.41) is 20.4. The quantitative estimate of drug-likeness (QED) is 0.407. The van der Waals surface area contributed by atoms with Gasteiger partial charge < -0.3 is 4.98 Å². The Bertz CT molecular complexity index is 280. The fourth-order valence-electron chi connectivity index (χ4n) is 0.809. The van der Waals surface area contributed by atoms with E-state index in [4.69, 9.17) is 0 Å². The molecule has 0 atom stereocenters. The first-order chi connectivity index (χ1) is 5.63. The van der Waals surface area contributed by atoms with E-state index in [0.29, 0.717) is 0 Å². The summed E-state index contributed by atoms with van der Waals surface area (Å²) in [4.78, 5) is 20.9. The number of nitrogens with zero attached hydrogens (tertiary/aromatic N) is 2. The van der Waals surface area contributed by atoms with Crippen LogP contribution in [-0.4, -0.2) is 14.8 Å². The molecule has 0 aliphatic heterocycles. The van der Waals surface area contributed by atoms with Crippen LogP contribution in [0.2, 0.25) is 0 Å². The Balaban J connectivity index is 2.96. The molecule has 1 heterocycles. The molecule has 0 unspecified atom stereocenters. The summed E-state index contributed by atoms with van der Waals surface area (Å²) in [6.07, 6.45) is -0.491. The summed E-state index contributed by atoms with van der Waals surface area (Å²) in [6, 6.07) is 2.77. The van der Waals surface area contributed by atoms with Gasteiger partial charge in [0.05, 0.1) is 0 Å². The van der Waals surface area contributed by atoms with Gasteiger partial charge in [0, 0.05) is 6.20 Å². The monoisotopic (exact) mass is 171 g/mol. The van der Waals surface area contributed by atoms with Gasteiger partial charge in [-0.1, -0.05) is 0 Å². The van der Waals surface area contributed by atoms with Crippen LogP contribution in [0.1, 0.15) is 11.9 Å². The van der Waals surface area contributed by atoms with Crippen LogP contribution in [0.15, 0.2) is 18.3 Å². The minimum Gasteiger partial charge on any atom is -0.353 e. The standard InChI is InChI=1S/C5H5N3O4/c9-7(10)5(8(11)12)4-2-1-3-6-4/h1-3,5-6H. The van der Waals surface area contributed by atoms with Crippen LogP contribution in [0.4, 0.5) is 0 Å². The van der Waals surface area contributed by atoms with Crippen LogP contribution >= 0.6 is 0 Å². The smallest absolute Gasteiger partial charge is 0.353 e. The second-order valence-electron chi connectivity index (χ2n) is 2.07. The molecule has 0 spiro atoms. The van der Waals surface area contributed by atoms with Crippen LogP contribution in [0.3, 0.4) is 0 Å². The SMILES string of the molecule is O=[N+]([O-])C(c1ccc[nH]1)[N+](=O)[O-]. The van der Waals surface area contributed by atoms with Gasteiger partial charge in [-0.05, 0) is 12.1 Å². The van der Waals surface area contributed by atoms with Crippen molar-refractivity contribution in [3.63, 3.8) is 0 Å². The van der Waals surface area contributed by atoms with E-state index in [-0.39, 0.29) is 5.69 Å². The highest BCUT2D eigenvalue weighted by molar-refractivity contribution is 5.04. The first kappa shape index (κ1) is 8.18. The van der Waals surface area contributed by atoms with Crippen LogP contribution < -0.4 is 0 Å². The fraction of sp³-hybridized carbons (Fsp3) is 0.200. The summed E-state index contributed by atoms with van der Waals surface area (Å²) in [5.41, 5.74) is -0.0231. The van der Waals surface area contributed by atoms with Gasteiger partial charge in [0.25, 0.3) is 0 Å². The number of H-pyrrole nitrogens is 1. The summed E-state index contributed by atoms with van der Waals surface area (Å²) in [6.45, 7) is 0. The predicted molar refractivity (Wildman–Crippen MR) is 37.5 cm³/mol. The minimum absolute atomic E-state index is 0.0231. The van der Waals surface area contributed by atoms with Crippen LogP contribution in [0.25, 0.3) is 0 Å². The van der Waals surface area contributed by atoms with E-state index in [0.717, 1.165) is 0 Å². The molecule has 0 aliphatic carbocycles. The van der Waals surface area contributed by atoms with Gasteiger partial charge in [-0.3, -0.25) is 20.2 Å². The highest BCUT2D eigenvalue weighted by Crippen LogP contribution is 2.13. The van der Waals surface area contributed by atoms with E-state index in [9.17, 15) is 20.2 Å². The average Bonchev–Trinajstić information content (AvgIpc) is 2.37. The topological polar surface area (TPSA) is 102 Å². The second kappa shape index (κ2) is 2.99. The molecule has 1 N–H and O–H groups in total. The normalized spacial score (nSPS) is 10.1. The Labute approximate surface area is 66.3 Å². The minimum atomic E-state index is -1.89. The maximum absolute atomic E-state index is 10.2. The van der Waals surface area contributed by atoms with Gasteiger partial charge in [0.1, 0.15) is 9.85 Å². The summed E-state index contributed by atoms with van der Waals surface area (Å²) >= 11 is 0. The lowest BCUT2D eigenvalue weighted by Gasteiger charge is -1.97. The van der Waals surface area contributed by atoms with E-state index in [1.807, 2.05) is 0 Å². The molecule has 64 valence electrons.